The molecular formula is C48H28N6O6S2. The number of hydrogen-bond acceptors (Lipinski definition) is 14. The van der Waals surface area contributed by atoms with Gasteiger partial charge in [-0.05, 0) is 99.9 Å². The third-order valence-electron chi connectivity index (χ3n) is 12.9. The smallest absolute Gasteiger partial charge is 0.197 e. The largest absolute Gasteiger partial charge is 0.480 e. The molecule has 5 aromatic rings. The van der Waals surface area contributed by atoms with Crippen molar-refractivity contribution in [2.24, 2.45) is 0 Å². The normalized spacial score (nSPS) is 18.2. The molecule has 298 valence electrons. The molecule has 0 amide bonds. The summed E-state index contributed by atoms with van der Waals surface area (Å²) in [5.41, 5.74) is 1.87. The molecule has 0 bridgehead atoms. The molecule has 3 aromatic carbocycles. The monoisotopic (exact) mass is 848 g/mol. The first-order valence-electron chi connectivity index (χ1n) is 20.3. The number of carbonyl (C=O) groups is 4. The second-order valence-electron chi connectivity index (χ2n) is 16.4. The molecule has 4 heterocycles. The highest BCUT2D eigenvalue weighted by atomic mass is 32.1. The van der Waals surface area contributed by atoms with Crippen LogP contribution in [-0.4, -0.2) is 33.1 Å². The fourth-order valence-electron chi connectivity index (χ4n) is 9.92. The van der Waals surface area contributed by atoms with Crippen LogP contribution >= 0.6 is 22.7 Å². The minimum absolute atomic E-state index is 0.0300. The molecule has 0 radical (unpaired) electrons. The van der Waals surface area contributed by atoms with Crippen molar-refractivity contribution in [1.29, 1.82) is 21.0 Å². The SMILES string of the molecule is N#Cc1cc2c(cc1C#N)C(=O)C(=Cc1nc3c(s1)-c1cc4c(cc1OC31CCCCC1)-c1sc(C=C3C(=O)c5cc(C#N)c(C#N)cc5C3=O)nc1C1(CCCCC1)O4)C2=O. The predicted molar refractivity (Wildman–Crippen MR) is 224 cm³/mol. The number of ether oxygens (including phenoxy) is 2. The Morgan fingerprint density at radius 3 is 1.11 bits per heavy atom. The van der Waals surface area contributed by atoms with Crippen LogP contribution < -0.4 is 9.47 Å². The van der Waals surface area contributed by atoms with Gasteiger partial charge in [0.1, 0.15) is 57.2 Å². The van der Waals surface area contributed by atoms with E-state index in [2.05, 4.69) is 0 Å². The fraction of sp³-hybridized carbons (Fsp3) is 0.250. The molecule has 11 rings (SSSR count). The third kappa shape index (κ3) is 5.31. The molecule has 6 aliphatic rings. The average molecular weight is 849 g/mol. The predicted octanol–water partition coefficient (Wildman–Crippen LogP) is 9.45. The minimum Gasteiger partial charge on any atom is -0.480 e. The quantitative estimate of drug-likeness (QED) is 0.120. The summed E-state index contributed by atoms with van der Waals surface area (Å²) in [6, 6.07) is 17.0. The molecule has 2 saturated carbocycles. The van der Waals surface area contributed by atoms with Crippen molar-refractivity contribution in [2.75, 3.05) is 0 Å². The summed E-state index contributed by atoms with van der Waals surface area (Å²) in [5.74, 6) is -0.819. The van der Waals surface area contributed by atoms with E-state index in [9.17, 15) is 40.2 Å². The van der Waals surface area contributed by atoms with Gasteiger partial charge in [0.15, 0.2) is 34.3 Å². The first kappa shape index (κ1) is 37.6. The highest BCUT2D eigenvalue weighted by molar-refractivity contribution is 7.16. The Labute approximate surface area is 361 Å². The van der Waals surface area contributed by atoms with Gasteiger partial charge < -0.3 is 9.47 Å². The Balaban J connectivity index is 1.02. The van der Waals surface area contributed by atoms with Crippen LogP contribution in [0.4, 0.5) is 0 Å². The summed E-state index contributed by atoms with van der Waals surface area (Å²) in [6.45, 7) is 0. The van der Waals surface area contributed by atoms with Crippen molar-refractivity contribution in [3.05, 3.63) is 113 Å². The summed E-state index contributed by atoms with van der Waals surface area (Å²) < 4.78 is 14.1. The molecule has 14 heteroatoms. The molecular weight excluding hydrogens is 821 g/mol. The van der Waals surface area contributed by atoms with Crippen LogP contribution in [0, 0.1) is 45.3 Å². The van der Waals surface area contributed by atoms with Gasteiger partial charge in [0.2, 0.25) is 0 Å². The lowest BCUT2D eigenvalue weighted by molar-refractivity contribution is 0.0163. The van der Waals surface area contributed by atoms with Crippen LogP contribution in [0.1, 0.15) is 149 Å². The number of nitrogens with zero attached hydrogens (tertiary/aromatic N) is 6. The molecule has 12 nitrogen and oxygen atoms in total. The second-order valence-corrected chi connectivity index (χ2v) is 18.4. The lowest BCUT2D eigenvalue weighted by Crippen LogP contribution is -2.39. The highest BCUT2D eigenvalue weighted by Crippen LogP contribution is 2.59. The molecule has 2 aliphatic heterocycles. The van der Waals surface area contributed by atoms with Crippen LogP contribution in [-0.2, 0) is 11.2 Å². The first-order valence-corrected chi connectivity index (χ1v) is 21.9. The maximum atomic E-state index is 13.6. The van der Waals surface area contributed by atoms with Crippen molar-refractivity contribution >= 4 is 58.0 Å². The van der Waals surface area contributed by atoms with Crippen molar-refractivity contribution in [3.63, 3.8) is 0 Å². The summed E-state index contributed by atoms with van der Waals surface area (Å²) in [6.07, 6.45) is 11.6. The number of thiazole rings is 2. The fourth-order valence-corrected chi connectivity index (χ4v) is 12.2. The van der Waals surface area contributed by atoms with Gasteiger partial charge in [-0.25, -0.2) is 9.97 Å². The van der Waals surface area contributed by atoms with E-state index < -0.39 is 34.3 Å². The first-order chi connectivity index (χ1) is 30.1. The number of rotatable bonds is 2. The van der Waals surface area contributed by atoms with Gasteiger partial charge >= 0.3 is 0 Å². The van der Waals surface area contributed by atoms with Gasteiger partial charge in [0, 0.05) is 33.4 Å². The Morgan fingerprint density at radius 1 is 0.484 bits per heavy atom. The summed E-state index contributed by atoms with van der Waals surface area (Å²) >= 11 is 2.73. The van der Waals surface area contributed by atoms with Crippen LogP contribution in [0.2, 0.25) is 0 Å². The van der Waals surface area contributed by atoms with Gasteiger partial charge in [-0.1, -0.05) is 12.8 Å². The van der Waals surface area contributed by atoms with E-state index in [1.54, 1.807) is 0 Å². The van der Waals surface area contributed by atoms with Crippen molar-refractivity contribution in [2.45, 2.75) is 75.4 Å². The van der Waals surface area contributed by atoms with E-state index in [1.165, 1.54) is 59.1 Å². The number of benzene rings is 3. The third-order valence-corrected chi connectivity index (χ3v) is 15.0. The van der Waals surface area contributed by atoms with E-state index in [4.69, 9.17) is 19.4 Å². The Morgan fingerprint density at radius 2 is 0.806 bits per heavy atom. The topological polar surface area (TPSA) is 208 Å². The second kappa shape index (κ2) is 13.6. The van der Waals surface area contributed by atoms with Gasteiger partial charge in [0.05, 0.1) is 43.2 Å². The maximum absolute atomic E-state index is 13.6. The van der Waals surface area contributed by atoms with Gasteiger partial charge in [-0.3, -0.25) is 19.2 Å². The van der Waals surface area contributed by atoms with Crippen molar-refractivity contribution in [3.8, 4) is 56.7 Å². The summed E-state index contributed by atoms with van der Waals surface area (Å²) in [4.78, 5) is 66.5. The number of Topliss-reactive ketones (excluding diaryl/α,β-unsaturated/α-hetero) is 4. The number of fused-ring (bicyclic) bond motifs is 10. The van der Waals surface area contributed by atoms with E-state index in [1.807, 2.05) is 36.4 Å². The Hall–Kier alpha value is -7.36. The average Bonchev–Trinajstić information content (AvgIpc) is 4.04. The zero-order valence-corrected chi connectivity index (χ0v) is 34.3. The van der Waals surface area contributed by atoms with Gasteiger partial charge in [-0.15, -0.1) is 22.7 Å². The lowest BCUT2D eigenvalue weighted by Gasteiger charge is -2.43. The summed E-state index contributed by atoms with van der Waals surface area (Å²) in [5, 5.41) is 39.2. The number of hydrogen-bond donors (Lipinski definition) is 0. The summed E-state index contributed by atoms with van der Waals surface area (Å²) in [7, 11) is 0. The number of carbonyl (C=O) groups excluding carboxylic acids is 4. The number of aromatic nitrogens is 2. The molecule has 2 spiro atoms. The molecule has 0 N–H and O–H groups in total. The zero-order chi connectivity index (χ0) is 42.7. The minimum atomic E-state index is -0.751. The van der Waals surface area contributed by atoms with Gasteiger partial charge in [-0.2, -0.15) is 21.0 Å². The maximum Gasteiger partial charge on any atom is 0.197 e. The lowest BCUT2D eigenvalue weighted by atomic mass is 9.78. The van der Waals surface area contributed by atoms with Crippen molar-refractivity contribution < 1.29 is 28.7 Å². The Kier molecular flexibility index (Phi) is 8.24. The standard InChI is InChI=1S/C48H28N6O6S2/c49-19-23-11-27-28(12-24(23)20-50)40(56)33(39(27)55)17-37-53-45-43(61-37)31-16-36-32(15-35(31)59-47(45)7-3-1-4-8-47)44-46(48(60-36)9-5-2-6-10-48)54-38(62-44)18-34-41(57)29-13-25(21-51)26(22-52)14-30(29)42(34)58/h11-18H,1-10H2. The molecule has 0 atom stereocenters. The zero-order valence-electron chi connectivity index (χ0n) is 32.6. The van der Waals surface area contributed by atoms with E-state index in [-0.39, 0.29) is 55.7 Å². The number of nitriles is 4. The molecule has 2 aromatic heterocycles. The Bertz CT molecular complexity index is 2910. The molecule has 62 heavy (non-hydrogen) atoms. The van der Waals surface area contributed by atoms with Crippen LogP contribution in [0.5, 0.6) is 11.5 Å². The van der Waals surface area contributed by atoms with Crippen LogP contribution in [0.15, 0.2) is 47.5 Å². The number of allylic oxidation sites excluding steroid dienone is 2. The highest BCUT2D eigenvalue weighted by Gasteiger charge is 2.49. The molecule has 2 fully saturated rings. The molecule has 0 unspecified atom stereocenters. The van der Waals surface area contributed by atoms with E-state index in [0.717, 1.165) is 70.8 Å². The van der Waals surface area contributed by atoms with Crippen molar-refractivity contribution in [1.82, 2.24) is 9.97 Å². The van der Waals surface area contributed by atoms with Gasteiger partial charge in [0.25, 0.3) is 0 Å². The van der Waals surface area contributed by atoms with Crippen LogP contribution in [0.3, 0.4) is 0 Å². The van der Waals surface area contributed by atoms with Crippen LogP contribution in [0.25, 0.3) is 33.0 Å². The van der Waals surface area contributed by atoms with E-state index in [0.29, 0.717) is 47.2 Å². The number of ketones is 4. The molecule has 0 saturated heterocycles. The molecule has 4 aliphatic carbocycles. The van der Waals surface area contributed by atoms with E-state index >= 15 is 0 Å².